The number of carbonyl (C=O) groups is 1. The van der Waals surface area contributed by atoms with Gasteiger partial charge in [0.2, 0.25) is 4.77 Å². The van der Waals surface area contributed by atoms with Gasteiger partial charge < -0.3 is 5.32 Å². The van der Waals surface area contributed by atoms with E-state index in [0.717, 1.165) is 11.1 Å². The van der Waals surface area contributed by atoms with Crippen molar-refractivity contribution in [2.45, 2.75) is 0 Å². The fourth-order valence-corrected chi connectivity index (χ4v) is 3.78. The smallest absolute Gasteiger partial charge is 0.263 e. The Morgan fingerprint density at radius 1 is 1.07 bits per heavy atom. The van der Waals surface area contributed by atoms with Crippen molar-refractivity contribution in [2.75, 3.05) is 0 Å². The highest BCUT2D eigenvalue weighted by atomic mass is 32.2. The maximum absolute atomic E-state index is 13.2. The number of carbonyl (C=O) groups excluding carboxylic acids is 1. The van der Waals surface area contributed by atoms with Gasteiger partial charge in [0.25, 0.3) is 5.91 Å². The molecule has 1 aliphatic rings. The molecule has 4 rings (SSSR count). The first-order valence-electron chi connectivity index (χ1n) is 8.32. The number of hydrogen-bond acceptors (Lipinski definition) is 6. The Kier molecular flexibility index (Phi) is 5.47. The minimum Gasteiger partial charge on any atom is -0.307 e. The molecule has 0 saturated carbocycles. The normalized spacial score (nSPS) is 15.4. The Bertz CT molecular complexity index is 1210. The third-order valence-corrected chi connectivity index (χ3v) is 5.38. The van der Waals surface area contributed by atoms with Gasteiger partial charge in [-0.2, -0.15) is 14.9 Å². The summed E-state index contributed by atoms with van der Waals surface area (Å²) in [6, 6.07) is 13.4. The number of rotatable bonds is 4. The van der Waals surface area contributed by atoms with Gasteiger partial charge >= 0.3 is 0 Å². The molecule has 144 valence electrons. The molecule has 6 nitrogen and oxygen atoms in total. The van der Waals surface area contributed by atoms with Crippen molar-refractivity contribution >= 4 is 58.7 Å². The molecule has 3 aromatic rings. The van der Waals surface area contributed by atoms with E-state index in [2.05, 4.69) is 20.6 Å². The first-order chi connectivity index (χ1) is 14.0. The quantitative estimate of drug-likeness (QED) is 0.362. The molecule has 0 atom stereocenters. The molecule has 1 aromatic heterocycles. The fraction of sp³-hybridized carbons (Fsp3) is 0. The third kappa shape index (κ3) is 4.39. The molecule has 0 unspecified atom stereocenters. The van der Waals surface area contributed by atoms with Crippen LogP contribution in [0, 0.1) is 10.6 Å². The zero-order valence-corrected chi connectivity index (χ0v) is 17.1. The average molecular weight is 442 g/mol. The number of aromatic nitrogens is 3. The van der Waals surface area contributed by atoms with Gasteiger partial charge in [0, 0.05) is 5.56 Å². The van der Waals surface area contributed by atoms with Gasteiger partial charge in [0.1, 0.15) is 10.1 Å². The van der Waals surface area contributed by atoms with Crippen molar-refractivity contribution in [3.05, 3.63) is 75.2 Å². The lowest BCUT2D eigenvalue weighted by atomic mass is 10.1. The summed E-state index contributed by atoms with van der Waals surface area (Å²) in [5.74, 6) is -0.0376. The van der Waals surface area contributed by atoms with Gasteiger partial charge in [0.15, 0.2) is 5.82 Å². The minimum atomic E-state index is -0.330. The third-order valence-electron chi connectivity index (χ3n) is 3.95. The average Bonchev–Trinajstić information content (AvgIpc) is 3.23. The van der Waals surface area contributed by atoms with Gasteiger partial charge in [-0.25, -0.2) is 9.49 Å². The maximum Gasteiger partial charge on any atom is 0.263 e. The number of halogens is 1. The van der Waals surface area contributed by atoms with Crippen LogP contribution >= 0.6 is 36.2 Å². The fourth-order valence-electron chi connectivity index (χ4n) is 2.56. The number of hydrogen-bond donors (Lipinski definition) is 2. The highest BCUT2D eigenvalue weighted by Gasteiger charge is 2.21. The highest BCUT2D eigenvalue weighted by molar-refractivity contribution is 8.26. The SMILES string of the molecule is O=C1NC(=S)S/C1=C\c1ccc(/C=N/n2c(-c3ccc(F)cc3)n[nH]c2=S)cc1. The lowest BCUT2D eigenvalue weighted by molar-refractivity contribution is -0.115. The van der Waals surface area contributed by atoms with Crippen LogP contribution in [0.15, 0.2) is 58.5 Å². The zero-order valence-electron chi connectivity index (χ0n) is 14.6. The van der Waals surface area contributed by atoms with E-state index in [1.807, 2.05) is 24.3 Å². The lowest BCUT2D eigenvalue weighted by Crippen LogP contribution is -2.17. The maximum atomic E-state index is 13.2. The van der Waals surface area contributed by atoms with E-state index in [1.165, 1.54) is 28.6 Å². The van der Waals surface area contributed by atoms with E-state index in [-0.39, 0.29) is 11.7 Å². The van der Waals surface area contributed by atoms with Crippen LogP contribution in [0.25, 0.3) is 17.5 Å². The summed E-state index contributed by atoms with van der Waals surface area (Å²) < 4.78 is 15.4. The van der Waals surface area contributed by atoms with E-state index < -0.39 is 0 Å². The zero-order chi connectivity index (χ0) is 20.4. The molecule has 2 N–H and O–H groups in total. The predicted octanol–water partition coefficient (Wildman–Crippen LogP) is 4.12. The van der Waals surface area contributed by atoms with Crippen molar-refractivity contribution in [2.24, 2.45) is 5.10 Å². The molecule has 0 spiro atoms. The number of aromatic amines is 1. The van der Waals surface area contributed by atoms with Crippen LogP contribution in [0.1, 0.15) is 11.1 Å². The van der Waals surface area contributed by atoms with E-state index in [0.29, 0.717) is 25.4 Å². The van der Waals surface area contributed by atoms with Gasteiger partial charge in [-0.1, -0.05) is 48.2 Å². The van der Waals surface area contributed by atoms with Crippen LogP contribution in [0.3, 0.4) is 0 Å². The molecule has 0 bridgehead atoms. The summed E-state index contributed by atoms with van der Waals surface area (Å²) in [6.07, 6.45) is 3.42. The van der Waals surface area contributed by atoms with Crippen LogP contribution in [0.4, 0.5) is 4.39 Å². The highest BCUT2D eigenvalue weighted by Crippen LogP contribution is 2.25. The number of nitrogens with zero attached hydrogens (tertiary/aromatic N) is 3. The minimum absolute atomic E-state index is 0.187. The molecule has 1 aliphatic heterocycles. The number of nitrogens with one attached hydrogen (secondary N) is 2. The van der Waals surface area contributed by atoms with Gasteiger partial charge in [-0.3, -0.25) is 4.79 Å². The Morgan fingerprint density at radius 2 is 1.76 bits per heavy atom. The topological polar surface area (TPSA) is 75.1 Å². The molecule has 10 heteroatoms. The number of amides is 1. The summed E-state index contributed by atoms with van der Waals surface area (Å²) >= 11 is 11.5. The van der Waals surface area contributed by atoms with Crippen molar-refractivity contribution in [1.82, 2.24) is 20.2 Å². The van der Waals surface area contributed by atoms with Crippen LogP contribution in [-0.2, 0) is 4.79 Å². The van der Waals surface area contributed by atoms with Crippen molar-refractivity contribution in [3.8, 4) is 11.4 Å². The molecular weight excluding hydrogens is 429 g/mol. The molecule has 2 heterocycles. The monoisotopic (exact) mass is 441 g/mol. The second kappa shape index (κ2) is 8.19. The predicted molar refractivity (Wildman–Crippen MR) is 119 cm³/mol. The van der Waals surface area contributed by atoms with Gasteiger partial charge in [-0.15, -0.1) is 0 Å². The Hall–Kier alpha value is -2.95. The molecule has 2 aromatic carbocycles. The van der Waals surface area contributed by atoms with Gasteiger partial charge in [-0.05, 0) is 53.7 Å². The largest absolute Gasteiger partial charge is 0.307 e. The van der Waals surface area contributed by atoms with E-state index in [9.17, 15) is 9.18 Å². The summed E-state index contributed by atoms with van der Waals surface area (Å²) in [4.78, 5) is 12.3. The van der Waals surface area contributed by atoms with Crippen LogP contribution < -0.4 is 5.32 Å². The Morgan fingerprint density at radius 3 is 2.41 bits per heavy atom. The molecular formula is C19H12FN5OS3. The number of thioether (sulfide) groups is 1. The number of H-pyrrole nitrogens is 1. The van der Waals surface area contributed by atoms with E-state index >= 15 is 0 Å². The second-order valence-electron chi connectivity index (χ2n) is 5.93. The lowest BCUT2D eigenvalue weighted by Gasteiger charge is -2.01. The van der Waals surface area contributed by atoms with Crippen LogP contribution in [0.5, 0.6) is 0 Å². The molecule has 1 amide bonds. The van der Waals surface area contributed by atoms with Crippen molar-refractivity contribution in [1.29, 1.82) is 0 Å². The molecule has 0 aliphatic carbocycles. The first-order valence-corrected chi connectivity index (χ1v) is 9.95. The summed E-state index contributed by atoms with van der Waals surface area (Å²) in [5.41, 5.74) is 2.39. The number of thiocarbonyl (C=S) groups is 1. The second-order valence-corrected chi connectivity index (χ2v) is 8.04. The molecule has 1 fully saturated rings. The first kappa shape index (κ1) is 19.4. The Labute approximate surface area is 179 Å². The van der Waals surface area contributed by atoms with E-state index in [1.54, 1.807) is 24.4 Å². The summed E-state index contributed by atoms with van der Waals surface area (Å²) in [7, 11) is 0. The van der Waals surface area contributed by atoms with E-state index in [4.69, 9.17) is 24.4 Å². The molecule has 0 radical (unpaired) electrons. The van der Waals surface area contributed by atoms with Crippen molar-refractivity contribution < 1.29 is 9.18 Å². The van der Waals surface area contributed by atoms with Gasteiger partial charge in [0.05, 0.1) is 11.1 Å². The Balaban J connectivity index is 1.56. The van der Waals surface area contributed by atoms with Crippen molar-refractivity contribution in [3.63, 3.8) is 0 Å². The summed E-state index contributed by atoms with van der Waals surface area (Å²) in [5, 5.41) is 13.8. The number of benzene rings is 2. The standard InChI is InChI=1S/C19H12FN5OS3/c20-14-7-5-13(6-8-14)16-23-24-18(27)25(16)21-10-12-3-1-11(2-4-12)9-15-17(26)22-19(28)29-15/h1-10H,(H,24,27)(H,22,26,28)/b15-9-,21-10+. The van der Waals surface area contributed by atoms with Crippen LogP contribution in [0.2, 0.25) is 0 Å². The van der Waals surface area contributed by atoms with Crippen LogP contribution in [-0.4, -0.2) is 31.3 Å². The molecule has 29 heavy (non-hydrogen) atoms. The summed E-state index contributed by atoms with van der Waals surface area (Å²) in [6.45, 7) is 0. The molecule has 1 saturated heterocycles.